The summed E-state index contributed by atoms with van der Waals surface area (Å²) in [7, 11) is 0. The average molecular weight is 359 g/mol. The van der Waals surface area contributed by atoms with E-state index < -0.39 is 10.8 Å². The summed E-state index contributed by atoms with van der Waals surface area (Å²) < 4.78 is 0. The molecular weight excluding hydrogens is 330 g/mol. The van der Waals surface area contributed by atoms with Crippen LogP contribution in [0.1, 0.15) is 71.6 Å². The van der Waals surface area contributed by atoms with Gasteiger partial charge in [-0.2, -0.15) is 0 Å². The van der Waals surface area contributed by atoms with Crippen LogP contribution in [0.25, 0.3) is 0 Å². The second-order valence-electron chi connectivity index (χ2n) is 9.49. The summed E-state index contributed by atoms with van der Waals surface area (Å²) in [6.45, 7) is 3.85. The predicted octanol–water partition coefficient (Wildman–Crippen LogP) is 2.61. The van der Waals surface area contributed by atoms with E-state index in [-0.39, 0.29) is 47.4 Å². The van der Waals surface area contributed by atoms with E-state index in [9.17, 15) is 19.2 Å². The molecule has 0 radical (unpaired) electrons. The highest BCUT2D eigenvalue weighted by Crippen LogP contribution is 2.60. The Morgan fingerprint density at radius 2 is 1.73 bits per heavy atom. The molecule has 5 heteroatoms. The van der Waals surface area contributed by atoms with Gasteiger partial charge in [-0.3, -0.25) is 19.2 Å². The molecule has 5 atom stereocenters. The summed E-state index contributed by atoms with van der Waals surface area (Å²) in [6.07, 6.45) is 5.68. The Kier molecular flexibility index (Phi) is 4.12. The first-order chi connectivity index (χ1) is 12.3. The van der Waals surface area contributed by atoms with Crippen LogP contribution in [0.3, 0.4) is 0 Å². The number of carbonyl (C=O) groups excluding carboxylic acids is 4. The number of hydrogen-bond donors (Lipinski definition) is 1. The van der Waals surface area contributed by atoms with Gasteiger partial charge in [-0.15, -0.1) is 0 Å². The number of ketones is 3. The number of carbonyl (C=O) groups is 4. The van der Waals surface area contributed by atoms with Gasteiger partial charge in [0.25, 0.3) is 0 Å². The van der Waals surface area contributed by atoms with Gasteiger partial charge in [-0.1, -0.05) is 13.8 Å². The topological polar surface area (TPSA) is 80.3 Å². The summed E-state index contributed by atoms with van der Waals surface area (Å²) >= 11 is 0. The van der Waals surface area contributed by atoms with E-state index in [1.54, 1.807) is 0 Å². The van der Waals surface area contributed by atoms with E-state index in [2.05, 4.69) is 5.32 Å². The van der Waals surface area contributed by atoms with Crippen LogP contribution in [-0.2, 0) is 19.2 Å². The van der Waals surface area contributed by atoms with Gasteiger partial charge in [0.05, 0.1) is 0 Å². The number of amides is 1. The second-order valence-corrected chi connectivity index (χ2v) is 9.49. The first-order valence-electron chi connectivity index (χ1n) is 10.1. The molecule has 0 aliphatic heterocycles. The Labute approximate surface area is 154 Å². The van der Waals surface area contributed by atoms with Crippen molar-refractivity contribution in [2.45, 2.75) is 77.7 Å². The number of hydrogen-bond acceptors (Lipinski definition) is 4. The Bertz CT molecular complexity index is 681. The molecule has 142 valence electrons. The number of nitrogens with one attached hydrogen (secondary N) is 1. The monoisotopic (exact) mass is 359 g/mol. The molecule has 4 fully saturated rings. The van der Waals surface area contributed by atoms with Crippen LogP contribution in [0.15, 0.2) is 0 Å². The average Bonchev–Trinajstić information content (AvgIpc) is 3.34. The molecule has 1 amide bonds. The van der Waals surface area contributed by atoms with Crippen molar-refractivity contribution in [3.63, 3.8) is 0 Å². The Morgan fingerprint density at radius 3 is 2.42 bits per heavy atom. The number of fused-ring (bicyclic) bond motifs is 3. The molecule has 4 aliphatic rings. The Balaban J connectivity index is 1.56. The van der Waals surface area contributed by atoms with Crippen LogP contribution in [0.5, 0.6) is 0 Å². The molecule has 0 bridgehead atoms. The minimum Gasteiger partial charge on any atom is -0.353 e. The van der Waals surface area contributed by atoms with Gasteiger partial charge >= 0.3 is 0 Å². The van der Waals surface area contributed by atoms with Crippen LogP contribution in [0.2, 0.25) is 0 Å². The van der Waals surface area contributed by atoms with Crippen LogP contribution in [-0.4, -0.2) is 29.3 Å². The molecule has 0 heterocycles. The van der Waals surface area contributed by atoms with Crippen LogP contribution < -0.4 is 5.32 Å². The van der Waals surface area contributed by atoms with Gasteiger partial charge in [-0.25, -0.2) is 0 Å². The maximum absolute atomic E-state index is 13.1. The van der Waals surface area contributed by atoms with Crippen LogP contribution in [0, 0.1) is 28.6 Å². The largest absolute Gasteiger partial charge is 0.353 e. The smallest absolute Gasteiger partial charge is 0.220 e. The van der Waals surface area contributed by atoms with Crippen molar-refractivity contribution in [3.05, 3.63) is 0 Å². The molecule has 5 nitrogen and oxygen atoms in total. The maximum atomic E-state index is 13.1. The third-order valence-electron chi connectivity index (χ3n) is 7.81. The van der Waals surface area contributed by atoms with Crippen molar-refractivity contribution in [2.24, 2.45) is 28.6 Å². The van der Waals surface area contributed by atoms with E-state index in [1.165, 1.54) is 0 Å². The summed E-state index contributed by atoms with van der Waals surface area (Å²) in [6, 6.07) is 0.312. The number of Topliss-reactive ketones (excluding diaryl/α,β-unsaturated/α-hetero) is 3. The maximum Gasteiger partial charge on any atom is 0.220 e. The van der Waals surface area contributed by atoms with E-state index in [4.69, 9.17) is 0 Å². The Morgan fingerprint density at radius 1 is 1.04 bits per heavy atom. The van der Waals surface area contributed by atoms with Crippen molar-refractivity contribution in [1.29, 1.82) is 0 Å². The van der Waals surface area contributed by atoms with Crippen molar-refractivity contribution in [1.82, 2.24) is 5.32 Å². The SMILES string of the molecule is C[C@]1(CCC(=O)NC2CC2)C(=O)CC[C@@H]2[C@@H]1C(=O)C[C@]1(C)C(=O)CC[C@@H]21. The highest BCUT2D eigenvalue weighted by Gasteiger charge is 2.62. The van der Waals surface area contributed by atoms with Gasteiger partial charge in [0.1, 0.15) is 17.3 Å². The molecule has 0 aromatic rings. The van der Waals surface area contributed by atoms with Gasteiger partial charge in [-0.05, 0) is 43.9 Å². The highest BCUT2D eigenvalue weighted by molar-refractivity contribution is 5.99. The van der Waals surface area contributed by atoms with Gasteiger partial charge in [0.15, 0.2) is 0 Å². The predicted molar refractivity (Wildman–Crippen MR) is 95.2 cm³/mol. The fourth-order valence-corrected chi connectivity index (χ4v) is 6.10. The van der Waals surface area contributed by atoms with E-state index in [0.717, 1.165) is 19.3 Å². The summed E-state index contributed by atoms with van der Waals surface area (Å²) in [4.78, 5) is 50.5. The first-order valence-corrected chi connectivity index (χ1v) is 10.1. The first kappa shape index (κ1) is 17.9. The van der Waals surface area contributed by atoms with Gasteiger partial charge in [0, 0.05) is 48.5 Å². The molecule has 1 N–H and O–H groups in total. The lowest BCUT2D eigenvalue weighted by Crippen LogP contribution is -2.56. The zero-order valence-electron chi connectivity index (χ0n) is 15.8. The lowest BCUT2D eigenvalue weighted by molar-refractivity contribution is -0.160. The molecule has 0 unspecified atom stereocenters. The molecular formula is C21H29NO4. The zero-order chi connectivity index (χ0) is 18.7. The molecule has 0 aromatic carbocycles. The lowest BCUT2D eigenvalue weighted by atomic mass is 9.48. The summed E-state index contributed by atoms with van der Waals surface area (Å²) in [5.74, 6) is 0.416. The van der Waals surface area contributed by atoms with Gasteiger partial charge < -0.3 is 5.32 Å². The molecule has 0 saturated heterocycles. The molecule has 4 rings (SSSR count). The minimum absolute atomic E-state index is 0.00668. The van der Waals surface area contributed by atoms with E-state index in [0.29, 0.717) is 38.1 Å². The fraction of sp³-hybridized carbons (Fsp3) is 0.810. The molecule has 4 saturated carbocycles. The summed E-state index contributed by atoms with van der Waals surface area (Å²) in [5, 5.41) is 2.98. The lowest BCUT2D eigenvalue weighted by Gasteiger charge is -2.52. The van der Waals surface area contributed by atoms with Crippen LogP contribution >= 0.6 is 0 Å². The Hall–Kier alpha value is -1.52. The third-order valence-corrected chi connectivity index (χ3v) is 7.81. The van der Waals surface area contributed by atoms with Crippen molar-refractivity contribution < 1.29 is 19.2 Å². The standard InChI is InChI=1S/C21H29NO4/c1-20(10-9-18(26)22-12-3-4-12)16(24)7-5-13-14-6-8-17(25)21(14,2)11-15(23)19(13)20/h12-14,19H,3-11H2,1-2H3,(H,22,26)/t13-,14-,19+,20-,21-/m0/s1. The van der Waals surface area contributed by atoms with E-state index in [1.807, 2.05) is 13.8 Å². The van der Waals surface area contributed by atoms with Crippen molar-refractivity contribution >= 4 is 23.3 Å². The highest BCUT2D eigenvalue weighted by atomic mass is 16.2. The zero-order valence-corrected chi connectivity index (χ0v) is 15.8. The van der Waals surface area contributed by atoms with Gasteiger partial charge in [0.2, 0.25) is 5.91 Å². The second kappa shape index (κ2) is 6.00. The van der Waals surface area contributed by atoms with E-state index >= 15 is 0 Å². The normalized spacial score (nSPS) is 42.4. The molecule has 26 heavy (non-hydrogen) atoms. The van der Waals surface area contributed by atoms with Crippen molar-refractivity contribution in [2.75, 3.05) is 0 Å². The molecule has 0 spiro atoms. The van der Waals surface area contributed by atoms with Crippen LogP contribution in [0.4, 0.5) is 0 Å². The molecule has 0 aromatic heterocycles. The molecule has 4 aliphatic carbocycles. The quantitative estimate of drug-likeness (QED) is 0.837. The minimum atomic E-state index is -0.756. The summed E-state index contributed by atoms with van der Waals surface area (Å²) in [5.41, 5.74) is -1.28. The third kappa shape index (κ3) is 2.66. The van der Waals surface area contributed by atoms with Crippen molar-refractivity contribution in [3.8, 4) is 0 Å². The number of rotatable bonds is 4. The fourth-order valence-electron chi connectivity index (χ4n) is 6.10.